The first-order valence-corrected chi connectivity index (χ1v) is 4.80. The molecular weight excluding hydrogens is 312 g/mol. The van der Waals surface area contributed by atoms with Gasteiger partial charge in [0.05, 0.1) is 15.6 Å². The fourth-order valence-electron chi connectivity index (χ4n) is 0.735. The Bertz CT molecular complexity index is 340. The molecular formula is C7H4Cl2INO. The molecule has 0 saturated heterocycles. The summed E-state index contributed by atoms with van der Waals surface area (Å²) in [7, 11) is 0. The quantitative estimate of drug-likeness (QED) is 0.628. The second-order valence-electron chi connectivity index (χ2n) is 2.11. The van der Waals surface area contributed by atoms with Crippen LogP contribution in [0.15, 0.2) is 12.1 Å². The highest BCUT2D eigenvalue weighted by Crippen LogP contribution is 2.27. The van der Waals surface area contributed by atoms with Gasteiger partial charge in [0.1, 0.15) is 0 Å². The van der Waals surface area contributed by atoms with Gasteiger partial charge < -0.3 is 5.73 Å². The third kappa shape index (κ3) is 2.02. The van der Waals surface area contributed by atoms with Gasteiger partial charge in [-0.15, -0.1) is 0 Å². The Morgan fingerprint density at radius 1 is 1.42 bits per heavy atom. The molecule has 5 heteroatoms. The van der Waals surface area contributed by atoms with E-state index in [2.05, 4.69) is 0 Å². The Hall–Kier alpha value is -0.000000000000000111. The van der Waals surface area contributed by atoms with Crippen molar-refractivity contribution in [3.63, 3.8) is 0 Å². The number of carbonyl (C=O) groups is 1. The van der Waals surface area contributed by atoms with E-state index in [4.69, 9.17) is 28.9 Å². The topological polar surface area (TPSA) is 43.1 Å². The van der Waals surface area contributed by atoms with Crippen LogP contribution in [0.1, 0.15) is 10.4 Å². The van der Waals surface area contributed by atoms with Gasteiger partial charge in [-0.05, 0) is 34.7 Å². The summed E-state index contributed by atoms with van der Waals surface area (Å²) in [5, 5.41) is 0.557. The van der Waals surface area contributed by atoms with Gasteiger partial charge in [-0.25, -0.2) is 0 Å². The van der Waals surface area contributed by atoms with E-state index in [0.717, 1.165) is 3.57 Å². The van der Waals surface area contributed by atoms with Crippen molar-refractivity contribution in [3.05, 3.63) is 31.3 Å². The molecule has 0 aliphatic rings. The first-order valence-electron chi connectivity index (χ1n) is 2.96. The summed E-state index contributed by atoms with van der Waals surface area (Å²) in [4.78, 5) is 10.8. The highest BCUT2D eigenvalue weighted by Gasteiger charge is 2.10. The number of amides is 1. The SMILES string of the molecule is NC(=O)c1cc(I)cc(Cl)c1Cl. The van der Waals surface area contributed by atoms with E-state index in [9.17, 15) is 4.79 Å². The summed E-state index contributed by atoms with van der Waals surface area (Å²) < 4.78 is 0.829. The van der Waals surface area contributed by atoms with Crippen LogP contribution >= 0.6 is 45.8 Å². The third-order valence-electron chi connectivity index (χ3n) is 1.26. The molecule has 0 saturated carbocycles. The van der Waals surface area contributed by atoms with Crippen LogP contribution in [0.25, 0.3) is 0 Å². The van der Waals surface area contributed by atoms with Gasteiger partial charge in [0.15, 0.2) is 0 Å². The van der Waals surface area contributed by atoms with Gasteiger partial charge in [0, 0.05) is 3.57 Å². The zero-order valence-electron chi connectivity index (χ0n) is 5.77. The van der Waals surface area contributed by atoms with Crippen LogP contribution in [-0.4, -0.2) is 5.91 Å². The average molecular weight is 316 g/mol. The minimum Gasteiger partial charge on any atom is -0.366 e. The van der Waals surface area contributed by atoms with E-state index in [-0.39, 0.29) is 10.6 Å². The van der Waals surface area contributed by atoms with E-state index in [0.29, 0.717) is 5.02 Å². The Kier molecular flexibility index (Phi) is 3.20. The predicted molar refractivity (Wildman–Crippen MR) is 57.7 cm³/mol. The maximum atomic E-state index is 10.8. The summed E-state index contributed by atoms with van der Waals surface area (Å²) in [5.74, 6) is -0.569. The normalized spacial score (nSPS) is 9.92. The van der Waals surface area contributed by atoms with Crippen molar-refractivity contribution in [2.24, 2.45) is 5.73 Å². The number of hydrogen-bond donors (Lipinski definition) is 1. The number of nitrogens with two attached hydrogens (primary N) is 1. The van der Waals surface area contributed by atoms with Crippen molar-refractivity contribution in [1.29, 1.82) is 0 Å². The first kappa shape index (κ1) is 10.1. The lowest BCUT2D eigenvalue weighted by molar-refractivity contribution is 0.100. The lowest BCUT2D eigenvalue weighted by Gasteiger charge is -2.02. The van der Waals surface area contributed by atoms with Gasteiger partial charge in [-0.3, -0.25) is 4.79 Å². The summed E-state index contributed by atoms with van der Waals surface area (Å²) in [5.41, 5.74) is 5.32. The fourth-order valence-corrected chi connectivity index (χ4v) is 1.96. The van der Waals surface area contributed by atoms with E-state index in [1.165, 1.54) is 0 Å². The summed E-state index contributed by atoms with van der Waals surface area (Å²) >= 11 is 13.5. The summed E-state index contributed by atoms with van der Waals surface area (Å²) in [6.07, 6.45) is 0. The van der Waals surface area contributed by atoms with Crippen LogP contribution in [0, 0.1) is 3.57 Å². The van der Waals surface area contributed by atoms with Crippen LogP contribution in [0.5, 0.6) is 0 Å². The Labute approximate surface area is 93.2 Å². The maximum Gasteiger partial charge on any atom is 0.250 e. The van der Waals surface area contributed by atoms with Crippen molar-refractivity contribution in [2.75, 3.05) is 0 Å². The first-order chi connectivity index (χ1) is 5.52. The number of primary amides is 1. The number of hydrogen-bond acceptors (Lipinski definition) is 1. The molecule has 1 aromatic rings. The third-order valence-corrected chi connectivity index (χ3v) is 2.68. The van der Waals surface area contributed by atoms with Crippen LogP contribution < -0.4 is 5.73 Å². The number of rotatable bonds is 1. The maximum absolute atomic E-state index is 10.8. The van der Waals surface area contributed by atoms with E-state index in [1.54, 1.807) is 12.1 Å². The Morgan fingerprint density at radius 2 is 2.00 bits per heavy atom. The fraction of sp³-hybridized carbons (Fsp3) is 0. The number of halogens is 3. The molecule has 0 aliphatic heterocycles. The molecule has 64 valence electrons. The average Bonchev–Trinajstić information content (AvgIpc) is 1.96. The lowest BCUT2D eigenvalue weighted by Crippen LogP contribution is -2.11. The van der Waals surface area contributed by atoms with Crippen molar-refractivity contribution in [3.8, 4) is 0 Å². The minimum absolute atomic E-state index is 0.213. The molecule has 0 radical (unpaired) electrons. The predicted octanol–water partition coefficient (Wildman–Crippen LogP) is 2.70. The van der Waals surface area contributed by atoms with Gasteiger partial charge >= 0.3 is 0 Å². The Balaban J connectivity index is 3.37. The lowest BCUT2D eigenvalue weighted by atomic mass is 10.2. The van der Waals surface area contributed by atoms with Crippen molar-refractivity contribution in [2.45, 2.75) is 0 Å². The van der Waals surface area contributed by atoms with E-state index < -0.39 is 5.91 Å². The molecule has 12 heavy (non-hydrogen) atoms. The van der Waals surface area contributed by atoms with Crippen molar-refractivity contribution >= 4 is 51.7 Å². The molecule has 0 fully saturated rings. The Morgan fingerprint density at radius 3 is 2.50 bits per heavy atom. The van der Waals surface area contributed by atoms with E-state index in [1.807, 2.05) is 22.6 Å². The second kappa shape index (κ2) is 3.81. The number of carbonyl (C=O) groups excluding carboxylic acids is 1. The molecule has 0 unspecified atom stereocenters. The van der Waals surface area contributed by atoms with E-state index >= 15 is 0 Å². The van der Waals surface area contributed by atoms with Crippen LogP contribution in [0.4, 0.5) is 0 Å². The molecule has 1 amide bonds. The summed E-state index contributed by atoms with van der Waals surface area (Å²) in [6, 6.07) is 3.26. The highest BCUT2D eigenvalue weighted by molar-refractivity contribution is 14.1. The van der Waals surface area contributed by atoms with Crippen LogP contribution in [0.3, 0.4) is 0 Å². The van der Waals surface area contributed by atoms with Gasteiger partial charge in [-0.1, -0.05) is 23.2 Å². The van der Waals surface area contributed by atoms with Gasteiger partial charge in [0.2, 0.25) is 5.91 Å². The second-order valence-corrected chi connectivity index (χ2v) is 4.14. The highest BCUT2D eigenvalue weighted by atomic mass is 127. The molecule has 0 aromatic heterocycles. The van der Waals surface area contributed by atoms with Gasteiger partial charge in [0.25, 0.3) is 0 Å². The zero-order chi connectivity index (χ0) is 9.30. The zero-order valence-corrected chi connectivity index (χ0v) is 9.44. The molecule has 0 bridgehead atoms. The molecule has 0 atom stereocenters. The summed E-state index contributed by atoms with van der Waals surface area (Å²) in [6.45, 7) is 0. The van der Waals surface area contributed by atoms with Crippen LogP contribution in [0.2, 0.25) is 10.0 Å². The number of benzene rings is 1. The van der Waals surface area contributed by atoms with Gasteiger partial charge in [-0.2, -0.15) is 0 Å². The van der Waals surface area contributed by atoms with Crippen LogP contribution in [-0.2, 0) is 0 Å². The molecule has 2 nitrogen and oxygen atoms in total. The standard InChI is InChI=1S/C7H4Cl2INO/c8-5-2-3(10)1-4(6(5)9)7(11)12/h1-2H,(H2,11,12). The minimum atomic E-state index is -0.569. The van der Waals surface area contributed by atoms with Crippen molar-refractivity contribution < 1.29 is 4.79 Å². The molecule has 0 heterocycles. The monoisotopic (exact) mass is 315 g/mol. The van der Waals surface area contributed by atoms with Crippen molar-refractivity contribution in [1.82, 2.24) is 0 Å². The molecule has 1 aromatic carbocycles. The molecule has 0 spiro atoms. The molecule has 0 aliphatic carbocycles. The largest absolute Gasteiger partial charge is 0.366 e. The molecule has 2 N–H and O–H groups in total. The molecule has 1 rings (SSSR count). The smallest absolute Gasteiger partial charge is 0.250 e.